The standard InChI is InChI=1S/C18H30O5/c1-6-21-16-10-9-14(12(4)11-15(20)13(5)19)17(22-7-2)18(16)23-8-3/h9-10,12-13,15,19-20H,6-8,11H2,1-5H3. The van der Waals surface area contributed by atoms with Crippen molar-refractivity contribution >= 4 is 0 Å². The Kier molecular flexibility index (Phi) is 8.20. The Bertz CT molecular complexity index is 473. The first-order chi connectivity index (χ1) is 11.0. The molecule has 0 saturated heterocycles. The molecule has 0 amide bonds. The van der Waals surface area contributed by atoms with E-state index in [9.17, 15) is 10.2 Å². The topological polar surface area (TPSA) is 68.2 Å². The molecule has 1 aromatic carbocycles. The molecule has 3 unspecified atom stereocenters. The van der Waals surface area contributed by atoms with E-state index in [-0.39, 0.29) is 5.92 Å². The molecule has 0 aliphatic rings. The number of aliphatic hydroxyl groups is 2. The van der Waals surface area contributed by atoms with Crippen molar-refractivity contribution in [1.82, 2.24) is 0 Å². The first-order valence-electron chi connectivity index (χ1n) is 8.37. The fourth-order valence-corrected chi connectivity index (χ4v) is 2.48. The quantitative estimate of drug-likeness (QED) is 0.691. The van der Waals surface area contributed by atoms with Gasteiger partial charge in [0.05, 0.1) is 32.0 Å². The van der Waals surface area contributed by atoms with Crippen molar-refractivity contribution in [2.24, 2.45) is 0 Å². The summed E-state index contributed by atoms with van der Waals surface area (Å²) in [6.07, 6.45) is -1.10. The first-order valence-corrected chi connectivity index (χ1v) is 8.37. The fourth-order valence-electron chi connectivity index (χ4n) is 2.48. The maximum absolute atomic E-state index is 9.94. The zero-order valence-corrected chi connectivity index (χ0v) is 14.8. The number of benzene rings is 1. The predicted octanol–water partition coefficient (Wildman–Crippen LogP) is 3.12. The molecule has 0 spiro atoms. The van der Waals surface area contributed by atoms with Crippen molar-refractivity contribution in [3.05, 3.63) is 17.7 Å². The van der Waals surface area contributed by atoms with E-state index < -0.39 is 12.2 Å². The van der Waals surface area contributed by atoms with Gasteiger partial charge >= 0.3 is 0 Å². The summed E-state index contributed by atoms with van der Waals surface area (Å²) in [5, 5.41) is 19.5. The minimum atomic E-state index is -0.776. The van der Waals surface area contributed by atoms with E-state index in [2.05, 4.69) is 0 Å². The van der Waals surface area contributed by atoms with Crippen LogP contribution in [0.3, 0.4) is 0 Å². The lowest BCUT2D eigenvalue weighted by Gasteiger charge is -2.23. The molecule has 23 heavy (non-hydrogen) atoms. The van der Waals surface area contributed by atoms with Crippen molar-refractivity contribution in [3.8, 4) is 17.2 Å². The first kappa shape index (κ1) is 19.6. The van der Waals surface area contributed by atoms with Crippen LogP contribution in [-0.2, 0) is 0 Å². The highest BCUT2D eigenvalue weighted by molar-refractivity contribution is 5.57. The van der Waals surface area contributed by atoms with Gasteiger partial charge in [0.15, 0.2) is 11.5 Å². The fraction of sp³-hybridized carbons (Fsp3) is 0.667. The van der Waals surface area contributed by atoms with Gasteiger partial charge in [-0.15, -0.1) is 0 Å². The zero-order valence-electron chi connectivity index (χ0n) is 14.8. The molecule has 0 heterocycles. The Hall–Kier alpha value is -1.46. The number of hydrogen-bond acceptors (Lipinski definition) is 5. The maximum Gasteiger partial charge on any atom is 0.203 e. The molecule has 5 nitrogen and oxygen atoms in total. The van der Waals surface area contributed by atoms with E-state index in [4.69, 9.17) is 14.2 Å². The van der Waals surface area contributed by atoms with Crippen LogP contribution in [-0.4, -0.2) is 42.2 Å². The second kappa shape index (κ2) is 9.63. The number of hydrogen-bond donors (Lipinski definition) is 2. The molecule has 3 atom stereocenters. The van der Waals surface area contributed by atoms with Crippen molar-refractivity contribution in [2.75, 3.05) is 19.8 Å². The van der Waals surface area contributed by atoms with Gasteiger partial charge in [-0.3, -0.25) is 0 Å². The molecule has 0 fully saturated rings. The zero-order chi connectivity index (χ0) is 17.4. The van der Waals surface area contributed by atoms with Crippen LogP contribution in [0.1, 0.15) is 52.5 Å². The summed E-state index contributed by atoms with van der Waals surface area (Å²) < 4.78 is 17.2. The van der Waals surface area contributed by atoms with E-state index in [1.807, 2.05) is 39.8 Å². The largest absolute Gasteiger partial charge is 0.490 e. The average Bonchev–Trinajstić information content (AvgIpc) is 2.50. The van der Waals surface area contributed by atoms with E-state index in [0.717, 1.165) is 5.56 Å². The predicted molar refractivity (Wildman–Crippen MR) is 90.7 cm³/mol. The molecule has 5 heteroatoms. The number of aliphatic hydroxyl groups excluding tert-OH is 2. The van der Waals surface area contributed by atoms with Crippen LogP contribution < -0.4 is 14.2 Å². The third kappa shape index (κ3) is 5.29. The second-order valence-corrected chi connectivity index (χ2v) is 5.55. The molecule has 132 valence electrons. The van der Waals surface area contributed by atoms with Crippen LogP contribution in [0.25, 0.3) is 0 Å². The molecule has 0 aromatic heterocycles. The lowest BCUT2D eigenvalue weighted by Crippen LogP contribution is -2.24. The molecule has 0 bridgehead atoms. The Morgan fingerprint density at radius 3 is 1.96 bits per heavy atom. The number of rotatable bonds is 10. The lowest BCUT2D eigenvalue weighted by molar-refractivity contribution is 0.0225. The Morgan fingerprint density at radius 1 is 0.870 bits per heavy atom. The highest BCUT2D eigenvalue weighted by Gasteiger charge is 2.23. The molecule has 0 aliphatic carbocycles. The third-order valence-electron chi connectivity index (χ3n) is 3.67. The molecule has 1 aromatic rings. The summed E-state index contributed by atoms with van der Waals surface area (Å²) >= 11 is 0. The van der Waals surface area contributed by atoms with Gasteiger partial charge in [0.25, 0.3) is 0 Å². The highest BCUT2D eigenvalue weighted by atomic mass is 16.5. The SMILES string of the molecule is CCOc1ccc(C(C)CC(O)C(C)O)c(OCC)c1OCC. The summed E-state index contributed by atoms with van der Waals surface area (Å²) in [5.74, 6) is 1.93. The van der Waals surface area contributed by atoms with Crippen LogP contribution in [0.5, 0.6) is 17.2 Å². The third-order valence-corrected chi connectivity index (χ3v) is 3.67. The summed E-state index contributed by atoms with van der Waals surface area (Å²) in [7, 11) is 0. The summed E-state index contributed by atoms with van der Waals surface area (Å²) in [6, 6.07) is 3.82. The maximum atomic E-state index is 9.94. The van der Waals surface area contributed by atoms with E-state index in [1.165, 1.54) is 0 Å². The van der Waals surface area contributed by atoms with Crippen LogP contribution in [0.4, 0.5) is 0 Å². The lowest BCUT2D eigenvalue weighted by atomic mass is 9.92. The van der Waals surface area contributed by atoms with Gasteiger partial charge in [-0.2, -0.15) is 0 Å². The van der Waals surface area contributed by atoms with Gasteiger partial charge in [0.2, 0.25) is 5.75 Å². The van der Waals surface area contributed by atoms with Gasteiger partial charge in [-0.05, 0) is 46.1 Å². The van der Waals surface area contributed by atoms with Crippen LogP contribution in [0.15, 0.2) is 12.1 Å². The second-order valence-electron chi connectivity index (χ2n) is 5.55. The molecular formula is C18H30O5. The molecule has 0 aliphatic heterocycles. The molecular weight excluding hydrogens is 296 g/mol. The van der Waals surface area contributed by atoms with Crippen molar-refractivity contribution in [3.63, 3.8) is 0 Å². The van der Waals surface area contributed by atoms with Crippen molar-refractivity contribution in [2.45, 2.75) is 59.2 Å². The van der Waals surface area contributed by atoms with Gasteiger partial charge in [0.1, 0.15) is 0 Å². The van der Waals surface area contributed by atoms with Crippen molar-refractivity contribution in [1.29, 1.82) is 0 Å². The summed E-state index contributed by atoms with van der Waals surface area (Å²) in [5.41, 5.74) is 0.943. The van der Waals surface area contributed by atoms with E-state index >= 15 is 0 Å². The summed E-state index contributed by atoms with van der Waals surface area (Å²) in [6.45, 7) is 10.9. The summed E-state index contributed by atoms with van der Waals surface area (Å²) in [4.78, 5) is 0. The Morgan fingerprint density at radius 2 is 1.43 bits per heavy atom. The Balaban J connectivity index is 3.21. The molecule has 2 N–H and O–H groups in total. The van der Waals surface area contributed by atoms with Gasteiger partial charge in [-0.25, -0.2) is 0 Å². The molecule has 0 saturated carbocycles. The molecule has 1 rings (SSSR count). The normalized spacial score (nSPS) is 14.9. The van der Waals surface area contributed by atoms with Gasteiger partial charge < -0.3 is 24.4 Å². The Labute approximate surface area is 139 Å². The van der Waals surface area contributed by atoms with Gasteiger partial charge in [-0.1, -0.05) is 13.0 Å². The van der Waals surface area contributed by atoms with Crippen LogP contribution in [0.2, 0.25) is 0 Å². The monoisotopic (exact) mass is 326 g/mol. The molecule has 0 radical (unpaired) electrons. The highest BCUT2D eigenvalue weighted by Crippen LogP contribution is 2.44. The minimum Gasteiger partial charge on any atom is -0.490 e. The van der Waals surface area contributed by atoms with Crippen LogP contribution in [0, 0.1) is 0 Å². The van der Waals surface area contributed by atoms with E-state index in [1.54, 1.807) is 6.92 Å². The number of ether oxygens (including phenoxy) is 3. The average molecular weight is 326 g/mol. The van der Waals surface area contributed by atoms with Gasteiger partial charge in [0, 0.05) is 5.56 Å². The van der Waals surface area contributed by atoms with E-state index in [0.29, 0.717) is 43.5 Å². The van der Waals surface area contributed by atoms with Crippen LogP contribution >= 0.6 is 0 Å². The van der Waals surface area contributed by atoms with Crippen molar-refractivity contribution < 1.29 is 24.4 Å². The smallest absolute Gasteiger partial charge is 0.203 e. The minimum absolute atomic E-state index is 0.0102.